The van der Waals surface area contributed by atoms with Crippen LogP contribution >= 0.6 is 12.4 Å². The predicted octanol–water partition coefficient (Wildman–Crippen LogP) is 7.96. The lowest BCUT2D eigenvalue weighted by atomic mass is 9.86. The monoisotopic (exact) mass is 447 g/mol. The lowest BCUT2D eigenvalue weighted by molar-refractivity contribution is 0.314. The van der Waals surface area contributed by atoms with Gasteiger partial charge in [-0.25, -0.2) is 0 Å². The molecule has 2 rings (SSSR count). The maximum Gasteiger partial charge on any atom is 0.172 e. The fourth-order valence-corrected chi connectivity index (χ4v) is 3.95. The zero-order valence-electron chi connectivity index (χ0n) is 20.1. The van der Waals surface area contributed by atoms with Crippen LogP contribution in [-0.4, -0.2) is 6.61 Å². The molecule has 4 heteroatoms. The normalized spacial score (nSPS) is 11.2. The van der Waals surface area contributed by atoms with E-state index in [1.54, 1.807) is 0 Å². The second-order valence-corrected chi connectivity index (χ2v) is 8.66. The summed E-state index contributed by atoms with van der Waals surface area (Å²) in [4.78, 5) is 0. The molecule has 3 nitrogen and oxygen atoms in total. The minimum absolute atomic E-state index is 0. The molecule has 0 bridgehead atoms. The van der Waals surface area contributed by atoms with Gasteiger partial charge >= 0.3 is 0 Å². The summed E-state index contributed by atoms with van der Waals surface area (Å²) in [6.07, 6.45) is 9.44. The summed E-state index contributed by atoms with van der Waals surface area (Å²) in [6.45, 7) is 11.2. The predicted molar refractivity (Wildman–Crippen MR) is 135 cm³/mol. The molecule has 0 saturated heterocycles. The Kier molecular flexibility index (Phi) is 12.0. The molecule has 0 heterocycles. The molecule has 0 atom stereocenters. The van der Waals surface area contributed by atoms with Crippen molar-refractivity contribution in [2.75, 3.05) is 6.61 Å². The van der Waals surface area contributed by atoms with Crippen molar-refractivity contribution in [3.05, 3.63) is 53.1 Å². The molecule has 0 aliphatic heterocycles. The van der Waals surface area contributed by atoms with Crippen molar-refractivity contribution in [2.45, 2.75) is 91.5 Å². The Morgan fingerprint density at radius 2 is 1.52 bits per heavy atom. The first-order chi connectivity index (χ1) is 14.4. The van der Waals surface area contributed by atoms with Gasteiger partial charge in [-0.05, 0) is 69.4 Å². The van der Waals surface area contributed by atoms with E-state index in [1.165, 1.54) is 37.7 Å². The van der Waals surface area contributed by atoms with Crippen LogP contribution in [0.1, 0.15) is 89.8 Å². The molecule has 2 aromatic rings. The van der Waals surface area contributed by atoms with Gasteiger partial charge in [0, 0.05) is 11.1 Å². The molecular formula is C27H42ClNO2. The van der Waals surface area contributed by atoms with Crippen molar-refractivity contribution >= 4 is 12.4 Å². The van der Waals surface area contributed by atoms with E-state index < -0.39 is 5.54 Å². The van der Waals surface area contributed by atoms with Crippen LogP contribution in [0.2, 0.25) is 0 Å². The molecule has 0 unspecified atom stereocenters. The first-order valence-electron chi connectivity index (χ1n) is 11.8. The molecule has 174 valence electrons. The van der Waals surface area contributed by atoms with Crippen molar-refractivity contribution in [2.24, 2.45) is 5.73 Å². The molecule has 0 saturated carbocycles. The lowest BCUT2D eigenvalue weighted by Gasteiger charge is -2.28. The van der Waals surface area contributed by atoms with Gasteiger partial charge in [0.1, 0.15) is 5.75 Å². The van der Waals surface area contributed by atoms with Gasteiger partial charge in [0.25, 0.3) is 0 Å². The molecule has 0 amide bonds. The van der Waals surface area contributed by atoms with Crippen LogP contribution < -0.4 is 15.2 Å². The number of ether oxygens (including phenoxy) is 2. The highest BCUT2D eigenvalue weighted by Crippen LogP contribution is 2.43. The number of hydrogen-bond acceptors (Lipinski definition) is 3. The van der Waals surface area contributed by atoms with Gasteiger partial charge < -0.3 is 15.2 Å². The van der Waals surface area contributed by atoms with E-state index in [2.05, 4.69) is 33.8 Å². The summed E-state index contributed by atoms with van der Waals surface area (Å²) < 4.78 is 12.6. The van der Waals surface area contributed by atoms with Gasteiger partial charge in [-0.3, -0.25) is 0 Å². The van der Waals surface area contributed by atoms with Crippen LogP contribution in [0.4, 0.5) is 0 Å². The van der Waals surface area contributed by atoms with Crippen molar-refractivity contribution in [3.8, 4) is 17.2 Å². The Morgan fingerprint density at radius 1 is 0.871 bits per heavy atom. The van der Waals surface area contributed by atoms with Gasteiger partial charge in [-0.15, -0.1) is 12.4 Å². The Hall–Kier alpha value is -1.71. The number of benzene rings is 2. The molecular weight excluding hydrogens is 406 g/mol. The Morgan fingerprint density at radius 3 is 2.10 bits per heavy atom. The summed E-state index contributed by atoms with van der Waals surface area (Å²) in [7, 11) is 0. The zero-order chi connectivity index (χ0) is 22.0. The highest BCUT2D eigenvalue weighted by Gasteiger charge is 2.26. The smallest absolute Gasteiger partial charge is 0.172 e. The third-order valence-corrected chi connectivity index (χ3v) is 5.51. The van der Waals surface area contributed by atoms with Crippen molar-refractivity contribution in [3.63, 3.8) is 0 Å². The molecule has 0 aliphatic rings. The quantitative estimate of drug-likeness (QED) is 0.316. The van der Waals surface area contributed by atoms with Gasteiger partial charge in [0.15, 0.2) is 11.5 Å². The van der Waals surface area contributed by atoms with E-state index in [-0.39, 0.29) is 12.4 Å². The van der Waals surface area contributed by atoms with Crippen LogP contribution in [0, 0.1) is 0 Å². The van der Waals surface area contributed by atoms with E-state index >= 15 is 0 Å². The van der Waals surface area contributed by atoms with E-state index in [9.17, 15) is 0 Å². The Labute approximate surface area is 196 Å². The Balaban J connectivity index is 0.00000480. The van der Waals surface area contributed by atoms with Crippen LogP contribution in [-0.2, 0) is 18.4 Å². The number of hydrogen-bond donors (Lipinski definition) is 1. The maximum atomic E-state index is 6.58. The molecule has 0 spiro atoms. The van der Waals surface area contributed by atoms with E-state index in [1.807, 2.05) is 37.3 Å². The molecule has 0 fully saturated rings. The van der Waals surface area contributed by atoms with Crippen molar-refractivity contribution < 1.29 is 9.47 Å². The topological polar surface area (TPSA) is 44.5 Å². The maximum absolute atomic E-state index is 6.58. The number of para-hydroxylation sites is 1. The van der Waals surface area contributed by atoms with Gasteiger partial charge in [0.2, 0.25) is 0 Å². The van der Waals surface area contributed by atoms with Gasteiger partial charge in [0.05, 0.1) is 6.61 Å². The van der Waals surface area contributed by atoms with E-state index in [4.69, 9.17) is 15.2 Å². The lowest BCUT2D eigenvalue weighted by Crippen LogP contribution is -2.30. The first-order valence-corrected chi connectivity index (χ1v) is 11.8. The van der Waals surface area contributed by atoms with E-state index in [0.717, 1.165) is 47.6 Å². The summed E-state index contributed by atoms with van der Waals surface area (Å²) in [6, 6.07) is 12.3. The molecule has 31 heavy (non-hydrogen) atoms. The molecule has 0 aromatic heterocycles. The summed E-state index contributed by atoms with van der Waals surface area (Å²) >= 11 is 0. The largest absolute Gasteiger partial charge is 0.490 e. The third-order valence-electron chi connectivity index (χ3n) is 5.51. The van der Waals surface area contributed by atoms with Gasteiger partial charge in [-0.2, -0.15) is 0 Å². The highest BCUT2D eigenvalue weighted by molar-refractivity contribution is 5.85. The van der Waals surface area contributed by atoms with Gasteiger partial charge in [-0.1, -0.05) is 64.2 Å². The number of nitrogens with two attached hydrogens (primary N) is 1. The second kappa shape index (κ2) is 13.6. The van der Waals surface area contributed by atoms with Crippen molar-refractivity contribution in [1.82, 2.24) is 0 Å². The molecule has 2 aromatic carbocycles. The third kappa shape index (κ3) is 8.05. The van der Waals surface area contributed by atoms with Crippen LogP contribution in [0.3, 0.4) is 0 Å². The number of rotatable bonds is 13. The van der Waals surface area contributed by atoms with E-state index in [0.29, 0.717) is 6.61 Å². The average molecular weight is 448 g/mol. The Bertz CT molecular complexity index is 769. The second-order valence-electron chi connectivity index (χ2n) is 8.66. The summed E-state index contributed by atoms with van der Waals surface area (Å²) in [5.74, 6) is 2.56. The molecule has 0 radical (unpaired) electrons. The minimum atomic E-state index is -0.432. The van der Waals surface area contributed by atoms with Crippen molar-refractivity contribution in [1.29, 1.82) is 0 Å². The minimum Gasteiger partial charge on any atom is -0.490 e. The zero-order valence-corrected chi connectivity index (χ0v) is 20.9. The number of unbranched alkanes of at least 4 members (excludes halogenated alkanes) is 5. The van der Waals surface area contributed by atoms with Crippen LogP contribution in [0.5, 0.6) is 17.2 Å². The standard InChI is InChI=1S/C27H41NO2.ClH/c1-6-9-10-11-12-14-17-21-20-24(27(4,5)28)23(7-2)26(29-8-3)25(21)30-22-18-15-13-16-19-22;/h13,15-16,18-20H,6-12,14,17,28H2,1-5H3;1H. The molecule has 0 aliphatic carbocycles. The average Bonchev–Trinajstić information content (AvgIpc) is 2.72. The highest BCUT2D eigenvalue weighted by atomic mass is 35.5. The number of aryl methyl sites for hydroxylation is 1. The summed E-state index contributed by atoms with van der Waals surface area (Å²) in [5, 5.41) is 0. The fraction of sp³-hybridized carbons (Fsp3) is 0.556. The van der Waals surface area contributed by atoms with Crippen LogP contribution in [0.25, 0.3) is 0 Å². The summed E-state index contributed by atoms with van der Waals surface area (Å²) in [5.41, 5.74) is 9.67. The fourth-order valence-electron chi connectivity index (χ4n) is 3.95. The molecule has 2 N–H and O–H groups in total. The first kappa shape index (κ1) is 27.3. The SMILES string of the molecule is CCCCCCCCc1cc(C(C)(C)N)c(CC)c(OCC)c1Oc1ccccc1.Cl. The number of halogens is 1. The van der Waals surface area contributed by atoms with Crippen LogP contribution in [0.15, 0.2) is 36.4 Å².